The topological polar surface area (TPSA) is 57.6 Å². The first kappa shape index (κ1) is 13.5. The molecule has 18 heavy (non-hydrogen) atoms. The van der Waals surface area contributed by atoms with Crippen LogP contribution < -0.4 is 0 Å². The monoisotopic (exact) mass is 269 g/mol. The number of benzene rings is 1. The SMILES string of the molecule is Cc1ccc(S(=O)(=O)N2CCC(C)C2)cc1CO. The van der Waals surface area contributed by atoms with Crippen LogP contribution in [0.5, 0.6) is 0 Å². The fourth-order valence-corrected chi connectivity index (χ4v) is 3.87. The van der Waals surface area contributed by atoms with Crippen LogP contribution in [-0.2, 0) is 16.6 Å². The molecular formula is C13H19NO3S. The van der Waals surface area contributed by atoms with Crippen molar-refractivity contribution in [1.29, 1.82) is 0 Å². The molecule has 1 fully saturated rings. The number of hydrogen-bond donors (Lipinski definition) is 1. The van der Waals surface area contributed by atoms with Crippen LogP contribution in [0.4, 0.5) is 0 Å². The normalized spacial score (nSPS) is 21.4. The first-order chi connectivity index (χ1) is 8.45. The molecule has 1 unspecified atom stereocenters. The quantitative estimate of drug-likeness (QED) is 0.905. The van der Waals surface area contributed by atoms with Gasteiger partial charge in [0.2, 0.25) is 10.0 Å². The number of aliphatic hydroxyl groups excluding tert-OH is 1. The van der Waals surface area contributed by atoms with E-state index in [9.17, 15) is 13.5 Å². The van der Waals surface area contributed by atoms with E-state index in [4.69, 9.17) is 0 Å². The number of aliphatic hydroxyl groups is 1. The van der Waals surface area contributed by atoms with Gasteiger partial charge in [-0.25, -0.2) is 8.42 Å². The predicted octanol–water partition coefficient (Wildman–Crippen LogP) is 1.52. The molecule has 1 aromatic rings. The Hall–Kier alpha value is -0.910. The van der Waals surface area contributed by atoms with E-state index in [-0.39, 0.29) is 11.5 Å². The van der Waals surface area contributed by atoms with E-state index in [0.717, 1.165) is 12.0 Å². The van der Waals surface area contributed by atoms with Gasteiger partial charge in [0.05, 0.1) is 11.5 Å². The molecule has 0 saturated carbocycles. The summed E-state index contributed by atoms with van der Waals surface area (Å²) in [5.41, 5.74) is 1.58. The second-order valence-electron chi connectivity index (χ2n) is 5.00. The van der Waals surface area contributed by atoms with Gasteiger partial charge < -0.3 is 5.11 Å². The molecule has 1 aliphatic heterocycles. The van der Waals surface area contributed by atoms with Gasteiger partial charge in [0.1, 0.15) is 0 Å². The summed E-state index contributed by atoms with van der Waals surface area (Å²) in [5, 5.41) is 9.21. The Morgan fingerprint density at radius 2 is 2.17 bits per heavy atom. The van der Waals surface area contributed by atoms with Gasteiger partial charge in [0, 0.05) is 13.1 Å². The highest BCUT2D eigenvalue weighted by Gasteiger charge is 2.30. The van der Waals surface area contributed by atoms with E-state index in [1.165, 1.54) is 4.31 Å². The van der Waals surface area contributed by atoms with Crippen LogP contribution in [0.3, 0.4) is 0 Å². The van der Waals surface area contributed by atoms with Gasteiger partial charge in [-0.2, -0.15) is 4.31 Å². The summed E-state index contributed by atoms with van der Waals surface area (Å²) in [6.07, 6.45) is 0.915. The number of aryl methyl sites for hydroxylation is 1. The van der Waals surface area contributed by atoms with Crippen LogP contribution in [0.1, 0.15) is 24.5 Å². The van der Waals surface area contributed by atoms with Crippen LogP contribution >= 0.6 is 0 Å². The lowest BCUT2D eigenvalue weighted by molar-refractivity contribution is 0.280. The van der Waals surface area contributed by atoms with Crippen molar-refractivity contribution in [2.75, 3.05) is 13.1 Å². The number of nitrogens with zero attached hydrogens (tertiary/aromatic N) is 1. The van der Waals surface area contributed by atoms with Crippen molar-refractivity contribution in [3.63, 3.8) is 0 Å². The van der Waals surface area contributed by atoms with E-state index < -0.39 is 10.0 Å². The zero-order valence-electron chi connectivity index (χ0n) is 10.8. The first-order valence-corrected chi connectivity index (χ1v) is 7.59. The van der Waals surface area contributed by atoms with E-state index in [2.05, 4.69) is 6.92 Å². The van der Waals surface area contributed by atoms with E-state index >= 15 is 0 Å². The molecule has 1 N–H and O–H groups in total. The molecule has 1 heterocycles. The molecular weight excluding hydrogens is 250 g/mol. The number of rotatable bonds is 3. The number of sulfonamides is 1. The highest BCUT2D eigenvalue weighted by molar-refractivity contribution is 7.89. The molecule has 0 aromatic heterocycles. The second kappa shape index (κ2) is 4.99. The molecule has 4 nitrogen and oxygen atoms in total. The summed E-state index contributed by atoms with van der Waals surface area (Å²) in [6.45, 7) is 4.96. The maximum atomic E-state index is 12.4. The average Bonchev–Trinajstić information content (AvgIpc) is 2.77. The van der Waals surface area contributed by atoms with E-state index in [1.807, 2.05) is 6.92 Å². The Labute approximate surface area is 108 Å². The standard InChI is InChI=1S/C13H19NO3S/c1-10-5-6-14(8-10)18(16,17)13-4-3-11(2)12(7-13)9-15/h3-4,7,10,15H,5-6,8-9H2,1-2H3. The Morgan fingerprint density at radius 1 is 1.44 bits per heavy atom. The van der Waals surface area contributed by atoms with E-state index in [1.54, 1.807) is 18.2 Å². The van der Waals surface area contributed by atoms with Gasteiger partial charge in [0.25, 0.3) is 0 Å². The summed E-state index contributed by atoms with van der Waals surface area (Å²) in [6, 6.07) is 4.94. The largest absolute Gasteiger partial charge is 0.392 e. The van der Waals surface area contributed by atoms with Crippen molar-refractivity contribution in [2.45, 2.75) is 31.8 Å². The zero-order chi connectivity index (χ0) is 13.3. The van der Waals surface area contributed by atoms with Crippen molar-refractivity contribution in [1.82, 2.24) is 4.31 Å². The predicted molar refractivity (Wildman–Crippen MR) is 69.6 cm³/mol. The Balaban J connectivity index is 2.35. The third-order valence-corrected chi connectivity index (χ3v) is 5.38. The molecule has 0 radical (unpaired) electrons. The highest BCUT2D eigenvalue weighted by atomic mass is 32.2. The van der Waals surface area contributed by atoms with Gasteiger partial charge in [-0.15, -0.1) is 0 Å². The summed E-state index contributed by atoms with van der Waals surface area (Å²) in [4.78, 5) is 0.284. The smallest absolute Gasteiger partial charge is 0.243 e. The summed E-state index contributed by atoms with van der Waals surface area (Å²) < 4.78 is 26.3. The lowest BCUT2D eigenvalue weighted by atomic mass is 10.1. The average molecular weight is 269 g/mol. The molecule has 1 aliphatic rings. The molecule has 2 rings (SSSR count). The number of hydrogen-bond acceptors (Lipinski definition) is 3. The van der Waals surface area contributed by atoms with Crippen molar-refractivity contribution in [3.05, 3.63) is 29.3 Å². The zero-order valence-corrected chi connectivity index (χ0v) is 11.6. The van der Waals surface area contributed by atoms with Crippen molar-refractivity contribution in [2.24, 2.45) is 5.92 Å². The van der Waals surface area contributed by atoms with Gasteiger partial charge in [-0.05, 0) is 42.5 Å². The Kier molecular flexibility index (Phi) is 3.75. The molecule has 0 aliphatic carbocycles. The molecule has 0 bridgehead atoms. The second-order valence-corrected chi connectivity index (χ2v) is 6.94. The molecule has 100 valence electrons. The van der Waals surface area contributed by atoms with Crippen LogP contribution in [-0.4, -0.2) is 30.9 Å². The maximum absolute atomic E-state index is 12.4. The van der Waals surface area contributed by atoms with Crippen LogP contribution in [0, 0.1) is 12.8 Å². The maximum Gasteiger partial charge on any atom is 0.243 e. The third-order valence-electron chi connectivity index (χ3n) is 3.52. The lowest BCUT2D eigenvalue weighted by Crippen LogP contribution is -2.28. The van der Waals surface area contributed by atoms with Crippen molar-refractivity contribution < 1.29 is 13.5 Å². The minimum atomic E-state index is -3.40. The highest BCUT2D eigenvalue weighted by Crippen LogP contribution is 2.25. The Morgan fingerprint density at radius 3 is 2.72 bits per heavy atom. The summed E-state index contributed by atoms with van der Waals surface area (Å²) in [7, 11) is -3.40. The lowest BCUT2D eigenvalue weighted by Gasteiger charge is -2.17. The fraction of sp³-hybridized carbons (Fsp3) is 0.538. The molecule has 1 aromatic carbocycles. The van der Waals surface area contributed by atoms with Crippen LogP contribution in [0.15, 0.2) is 23.1 Å². The van der Waals surface area contributed by atoms with Gasteiger partial charge in [0.15, 0.2) is 0 Å². The molecule has 0 amide bonds. The molecule has 1 saturated heterocycles. The fourth-order valence-electron chi connectivity index (χ4n) is 2.24. The minimum Gasteiger partial charge on any atom is -0.392 e. The first-order valence-electron chi connectivity index (χ1n) is 6.15. The van der Waals surface area contributed by atoms with Gasteiger partial charge >= 0.3 is 0 Å². The van der Waals surface area contributed by atoms with Crippen molar-refractivity contribution in [3.8, 4) is 0 Å². The Bertz CT molecular complexity index is 539. The van der Waals surface area contributed by atoms with Crippen LogP contribution in [0.2, 0.25) is 0 Å². The van der Waals surface area contributed by atoms with Crippen LogP contribution in [0.25, 0.3) is 0 Å². The van der Waals surface area contributed by atoms with E-state index in [0.29, 0.717) is 24.6 Å². The minimum absolute atomic E-state index is 0.133. The summed E-state index contributed by atoms with van der Waals surface area (Å²) in [5.74, 6) is 0.419. The third kappa shape index (κ3) is 2.43. The van der Waals surface area contributed by atoms with Gasteiger partial charge in [-0.1, -0.05) is 13.0 Å². The van der Waals surface area contributed by atoms with Crippen molar-refractivity contribution >= 4 is 10.0 Å². The molecule has 1 atom stereocenters. The molecule has 5 heteroatoms. The van der Waals surface area contributed by atoms with Gasteiger partial charge in [-0.3, -0.25) is 0 Å². The summed E-state index contributed by atoms with van der Waals surface area (Å²) >= 11 is 0. The molecule has 0 spiro atoms.